The van der Waals surface area contributed by atoms with Crippen LogP contribution in [0.15, 0.2) is 0 Å². The molecule has 2 saturated heterocycles. The average molecular weight is 196 g/mol. The standard InChI is InChI=1S/C11H20N2O/c1-12(2)8-10-4-3-9-7-13(10)6-5-11(9)14/h9-10H,3-8H2,1-2H3. The molecule has 2 rings (SSSR count). The molecular weight excluding hydrogens is 176 g/mol. The van der Waals surface area contributed by atoms with Crippen LogP contribution in [0, 0.1) is 5.92 Å². The number of nitrogens with zero attached hydrogens (tertiary/aromatic N) is 2. The molecule has 0 radical (unpaired) electrons. The van der Waals surface area contributed by atoms with E-state index in [1.807, 2.05) is 0 Å². The number of carbonyl (C=O) groups is 1. The fourth-order valence-electron chi connectivity index (χ4n) is 2.72. The molecule has 0 saturated carbocycles. The summed E-state index contributed by atoms with van der Waals surface area (Å²) in [5, 5.41) is 0. The highest BCUT2D eigenvalue weighted by atomic mass is 16.1. The predicted octanol–water partition coefficient (Wildman–Crippen LogP) is 0.601. The number of hydrogen-bond acceptors (Lipinski definition) is 3. The molecule has 3 atom stereocenters. The highest BCUT2D eigenvalue weighted by Crippen LogP contribution is 2.27. The highest BCUT2D eigenvalue weighted by molar-refractivity contribution is 5.82. The van der Waals surface area contributed by atoms with E-state index in [0.717, 1.165) is 32.5 Å². The van der Waals surface area contributed by atoms with Crippen molar-refractivity contribution in [1.29, 1.82) is 0 Å². The van der Waals surface area contributed by atoms with Crippen LogP contribution in [0.4, 0.5) is 0 Å². The van der Waals surface area contributed by atoms with E-state index >= 15 is 0 Å². The summed E-state index contributed by atoms with van der Waals surface area (Å²) in [6.45, 7) is 3.16. The molecule has 0 amide bonds. The van der Waals surface area contributed by atoms with Gasteiger partial charge in [-0.25, -0.2) is 0 Å². The van der Waals surface area contributed by atoms with E-state index in [9.17, 15) is 4.79 Å². The molecule has 0 N–H and O–H groups in total. The summed E-state index contributed by atoms with van der Waals surface area (Å²) in [6, 6.07) is 0.689. The number of ketones is 1. The molecule has 3 nitrogen and oxygen atoms in total. The van der Waals surface area contributed by atoms with E-state index in [4.69, 9.17) is 0 Å². The highest BCUT2D eigenvalue weighted by Gasteiger charge is 2.35. The molecule has 2 aliphatic rings. The largest absolute Gasteiger partial charge is 0.308 e. The van der Waals surface area contributed by atoms with Crippen LogP contribution in [-0.4, -0.2) is 55.4 Å². The topological polar surface area (TPSA) is 23.6 Å². The zero-order valence-corrected chi connectivity index (χ0v) is 9.20. The van der Waals surface area contributed by atoms with E-state index in [0.29, 0.717) is 17.7 Å². The quantitative estimate of drug-likeness (QED) is 0.646. The number of likely N-dealkylation sites (N-methyl/N-ethyl adjacent to an activating group) is 1. The molecule has 0 aromatic heterocycles. The lowest BCUT2D eigenvalue weighted by Gasteiger charge is -2.43. The lowest BCUT2D eigenvalue weighted by Crippen LogP contribution is -2.53. The van der Waals surface area contributed by atoms with Gasteiger partial charge in [-0.05, 0) is 26.9 Å². The summed E-state index contributed by atoms with van der Waals surface area (Å²) in [4.78, 5) is 16.3. The normalized spacial score (nSPS) is 37.6. The minimum Gasteiger partial charge on any atom is -0.308 e. The zero-order valence-electron chi connectivity index (χ0n) is 9.20. The van der Waals surface area contributed by atoms with Gasteiger partial charge in [0.05, 0.1) is 0 Å². The Morgan fingerprint density at radius 1 is 1.43 bits per heavy atom. The molecule has 80 valence electrons. The average Bonchev–Trinajstić information content (AvgIpc) is 2.14. The van der Waals surface area contributed by atoms with Crippen LogP contribution in [-0.2, 0) is 4.79 Å². The van der Waals surface area contributed by atoms with Gasteiger partial charge in [0, 0.05) is 38.0 Å². The molecule has 0 aliphatic carbocycles. The van der Waals surface area contributed by atoms with Crippen molar-refractivity contribution in [3.8, 4) is 0 Å². The number of Topliss-reactive ketones (excluding diaryl/α,β-unsaturated/α-hetero) is 1. The third-order valence-corrected chi connectivity index (χ3v) is 3.50. The van der Waals surface area contributed by atoms with Gasteiger partial charge in [-0.3, -0.25) is 9.69 Å². The van der Waals surface area contributed by atoms with Gasteiger partial charge in [0.25, 0.3) is 0 Å². The van der Waals surface area contributed by atoms with Gasteiger partial charge in [-0.15, -0.1) is 0 Å². The summed E-state index contributed by atoms with van der Waals surface area (Å²) in [5.74, 6) is 0.867. The van der Waals surface area contributed by atoms with Gasteiger partial charge in [-0.2, -0.15) is 0 Å². The molecule has 0 aromatic carbocycles. The van der Waals surface area contributed by atoms with Crippen molar-refractivity contribution >= 4 is 5.78 Å². The summed E-state index contributed by atoms with van der Waals surface area (Å²) >= 11 is 0. The SMILES string of the molecule is CN(C)CC1CCC2CN1CCC2=O. The molecule has 2 bridgehead atoms. The molecule has 3 heteroatoms. The van der Waals surface area contributed by atoms with Crippen molar-refractivity contribution in [2.75, 3.05) is 33.7 Å². The Morgan fingerprint density at radius 3 is 2.93 bits per heavy atom. The van der Waals surface area contributed by atoms with Gasteiger partial charge in [0.2, 0.25) is 0 Å². The maximum absolute atomic E-state index is 11.5. The Morgan fingerprint density at radius 2 is 2.21 bits per heavy atom. The van der Waals surface area contributed by atoms with E-state index in [2.05, 4.69) is 23.9 Å². The van der Waals surface area contributed by atoms with E-state index in [1.54, 1.807) is 0 Å². The maximum atomic E-state index is 11.5. The van der Waals surface area contributed by atoms with Crippen molar-refractivity contribution in [2.45, 2.75) is 25.3 Å². The van der Waals surface area contributed by atoms with Gasteiger partial charge in [-0.1, -0.05) is 0 Å². The van der Waals surface area contributed by atoms with Gasteiger partial charge >= 0.3 is 0 Å². The van der Waals surface area contributed by atoms with Crippen LogP contribution in [0.1, 0.15) is 19.3 Å². The fourth-order valence-corrected chi connectivity index (χ4v) is 2.72. The first-order chi connectivity index (χ1) is 6.66. The van der Waals surface area contributed by atoms with Crippen LogP contribution in [0.2, 0.25) is 0 Å². The van der Waals surface area contributed by atoms with Crippen LogP contribution in [0.5, 0.6) is 0 Å². The van der Waals surface area contributed by atoms with Crippen molar-refractivity contribution in [3.05, 3.63) is 0 Å². The second-order valence-electron chi connectivity index (χ2n) is 4.90. The lowest BCUT2D eigenvalue weighted by molar-refractivity contribution is -0.129. The van der Waals surface area contributed by atoms with E-state index in [-0.39, 0.29) is 0 Å². The molecule has 3 unspecified atom stereocenters. The Balaban J connectivity index is 1.95. The minimum absolute atomic E-state index is 0.363. The first-order valence-corrected chi connectivity index (χ1v) is 5.58. The van der Waals surface area contributed by atoms with Gasteiger partial charge in [0.1, 0.15) is 5.78 Å². The number of piperidine rings is 2. The molecular formula is C11H20N2O. The second-order valence-corrected chi connectivity index (χ2v) is 4.90. The summed E-state index contributed by atoms with van der Waals surface area (Å²) in [5.41, 5.74) is 0. The Labute approximate surface area is 86.1 Å². The van der Waals surface area contributed by atoms with Crippen molar-refractivity contribution in [2.24, 2.45) is 5.92 Å². The maximum Gasteiger partial charge on any atom is 0.138 e. The smallest absolute Gasteiger partial charge is 0.138 e. The van der Waals surface area contributed by atoms with Crippen LogP contribution < -0.4 is 0 Å². The monoisotopic (exact) mass is 196 g/mol. The van der Waals surface area contributed by atoms with E-state index in [1.165, 1.54) is 6.42 Å². The molecule has 14 heavy (non-hydrogen) atoms. The minimum atomic E-state index is 0.363. The van der Waals surface area contributed by atoms with Crippen molar-refractivity contribution in [1.82, 2.24) is 9.80 Å². The van der Waals surface area contributed by atoms with Crippen LogP contribution >= 0.6 is 0 Å². The zero-order chi connectivity index (χ0) is 10.1. The second kappa shape index (κ2) is 3.99. The molecule has 0 aromatic rings. The Bertz CT molecular complexity index is 227. The lowest BCUT2D eigenvalue weighted by atomic mass is 9.84. The van der Waals surface area contributed by atoms with E-state index < -0.39 is 0 Å². The van der Waals surface area contributed by atoms with Crippen LogP contribution in [0.3, 0.4) is 0 Å². The van der Waals surface area contributed by atoms with Crippen molar-refractivity contribution in [3.63, 3.8) is 0 Å². The third-order valence-electron chi connectivity index (χ3n) is 3.50. The Hall–Kier alpha value is -0.410. The molecule has 2 heterocycles. The van der Waals surface area contributed by atoms with Crippen molar-refractivity contribution < 1.29 is 4.79 Å². The molecule has 2 aliphatic heterocycles. The van der Waals surface area contributed by atoms with Crippen LogP contribution in [0.25, 0.3) is 0 Å². The molecule has 2 fully saturated rings. The summed E-state index contributed by atoms with van der Waals surface area (Å²) in [7, 11) is 4.25. The first-order valence-electron chi connectivity index (χ1n) is 5.58. The number of hydrogen-bond donors (Lipinski definition) is 0. The first kappa shape index (κ1) is 10.1. The Kier molecular flexibility index (Phi) is 2.88. The summed E-state index contributed by atoms with van der Waals surface area (Å²) in [6.07, 6.45) is 3.11. The summed E-state index contributed by atoms with van der Waals surface area (Å²) < 4.78 is 0. The number of carbonyl (C=O) groups excluding carboxylic acids is 1. The van der Waals surface area contributed by atoms with Gasteiger partial charge in [0.15, 0.2) is 0 Å². The predicted molar refractivity (Wildman–Crippen MR) is 56.3 cm³/mol. The van der Waals surface area contributed by atoms with Gasteiger partial charge < -0.3 is 4.90 Å². The number of fused-ring (bicyclic) bond motifs is 2. The number of rotatable bonds is 2. The third kappa shape index (κ3) is 1.98. The molecule has 0 spiro atoms. The fraction of sp³-hybridized carbons (Fsp3) is 0.909.